The van der Waals surface area contributed by atoms with Crippen LogP contribution in [0.5, 0.6) is 0 Å². The molecule has 0 bridgehead atoms. The quantitative estimate of drug-likeness (QED) is 0.817. The number of hydrogen-bond donors (Lipinski definition) is 1. The number of anilines is 1. The number of aromatic nitrogens is 5. The van der Waals surface area contributed by atoms with Gasteiger partial charge in [-0.15, -0.1) is 17.5 Å². The summed E-state index contributed by atoms with van der Waals surface area (Å²) in [5, 5.41) is 5.71. The van der Waals surface area contributed by atoms with Crippen LogP contribution >= 0.6 is 12.4 Å². The van der Waals surface area contributed by atoms with Crippen molar-refractivity contribution in [2.45, 2.75) is 13.0 Å². The van der Waals surface area contributed by atoms with E-state index in [9.17, 15) is 0 Å². The maximum Gasteiger partial charge on any atom is 0.269 e. The van der Waals surface area contributed by atoms with Gasteiger partial charge in [-0.3, -0.25) is 4.84 Å². The van der Waals surface area contributed by atoms with E-state index in [0.717, 1.165) is 0 Å². The Morgan fingerprint density at radius 3 is 2.53 bits per heavy atom. The second-order valence-corrected chi connectivity index (χ2v) is 3.70. The second-order valence-electron chi connectivity index (χ2n) is 3.70. The fourth-order valence-electron chi connectivity index (χ4n) is 1.37. The van der Waals surface area contributed by atoms with Gasteiger partial charge in [-0.2, -0.15) is 9.67 Å². The van der Waals surface area contributed by atoms with Crippen LogP contribution in [0.1, 0.15) is 18.8 Å². The molecule has 104 valence electrons. The van der Waals surface area contributed by atoms with Crippen LogP contribution in [0.2, 0.25) is 0 Å². The summed E-state index contributed by atoms with van der Waals surface area (Å²) in [6, 6.07) is 1.44. The number of rotatable bonds is 4. The molecule has 2 aromatic rings. The molecule has 0 aromatic carbocycles. The number of hydroxylamine groups is 1. The first-order valence-electron chi connectivity index (χ1n) is 5.41. The van der Waals surface area contributed by atoms with Crippen LogP contribution in [0, 0.1) is 0 Å². The molecule has 2 N–H and O–H groups in total. The average Bonchev–Trinajstić information content (AvgIpc) is 2.84. The first kappa shape index (κ1) is 15.3. The SMILES string of the molecule is CON(C)c1nc([C@H](C)N)n(-c2ncccn2)n1.Cl. The van der Waals surface area contributed by atoms with Gasteiger partial charge in [0, 0.05) is 19.4 Å². The molecule has 0 aliphatic rings. The molecule has 0 fully saturated rings. The summed E-state index contributed by atoms with van der Waals surface area (Å²) in [4.78, 5) is 17.6. The van der Waals surface area contributed by atoms with Crippen LogP contribution in [0.15, 0.2) is 18.5 Å². The molecule has 9 heteroatoms. The summed E-state index contributed by atoms with van der Waals surface area (Å²) in [6.07, 6.45) is 3.27. The van der Waals surface area contributed by atoms with E-state index in [2.05, 4.69) is 20.1 Å². The lowest BCUT2D eigenvalue weighted by Gasteiger charge is -2.09. The first-order valence-corrected chi connectivity index (χ1v) is 5.41. The van der Waals surface area contributed by atoms with Gasteiger partial charge in [0.15, 0.2) is 5.82 Å². The van der Waals surface area contributed by atoms with Gasteiger partial charge in [0.1, 0.15) is 0 Å². The molecular weight excluding hydrogens is 270 g/mol. The Hall–Kier alpha value is -1.77. The average molecular weight is 286 g/mol. The van der Waals surface area contributed by atoms with E-state index in [0.29, 0.717) is 17.7 Å². The van der Waals surface area contributed by atoms with Crippen molar-refractivity contribution in [2.24, 2.45) is 5.73 Å². The molecule has 2 aromatic heterocycles. The van der Waals surface area contributed by atoms with E-state index in [1.165, 1.54) is 16.9 Å². The second kappa shape index (κ2) is 6.41. The van der Waals surface area contributed by atoms with Gasteiger partial charge in [-0.1, -0.05) is 0 Å². The van der Waals surface area contributed by atoms with Crippen LogP contribution < -0.4 is 10.8 Å². The van der Waals surface area contributed by atoms with Crippen molar-refractivity contribution in [2.75, 3.05) is 19.2 Å². The summed E-state index contributed by atoms with van der Waals surface area (Å²) in [5.74, 6) is 1.39. The molecule has 0 aliphatic carbocycles. The maximum absolute atomic E-state index is 5.87. The highest BCUT2D eigenvalue weighted by Crippen LogP contribution is 2.15. The summed E-state index contributed by atoms with van der Waals surface area (Å²) < 4.78 is 1.51. The standard InChI is InChI=1S/C10H15N7O.ClH/c1-7(11)8-14-10(16(2)18-3)15-17(8)9-12-5-4-6-13-9;/h4-7H,11H2,1-3H3;1H/t7-;/m0./s1. The number of hydrogen-bond acceptors (Lipinski definition) is 7. The van der Waals surface area contributed by atoms with Gasteiger partial charge in [-0.25, -0.2) is 15.0 Å². The van der Waals surface area contributed by atoms with Gasteiger partial charge in [-0.05, 0) is 13.0 Å². The van der Waals surface area contributed by atoms with Crippen molar-refractivity contribution in [3.63, 3.8) is 0 Å². The number of nitrogens with zero attached hydrogens (tertiary/aromatic N) is 6. The molecular formula is C10H16ClN7O. The van der Waals surface area contributed by atoms with Crippen molar-refractivity contribution in [1.82, 2.24) is 24.7 Å². The Morgan fingerprint density at radius 1 is 1.37 bits per heavy atom. The lowest BCUT2D eigenvalue weighted by molar-refractivity contribution is 0.180. The molecule has 19 heavy (non-hydrogen) atoms. The minimum Gasteiger partial charge on any atom is -0.322 e. The summed E-state index contributed by atoms with van der Waals surface area (Å²) in [6.45, 7) is 1.82. The van der Waals surface area contributed by atoms with Gasteiger partial charge < -0.3 is 5.73 Å². The minimum absolute atomic E-state index is 0. The Balaban J connectivity index is 0.00000180. The van der Waals surface area contributed by atoms with E-state index in [4.69, 9.17) is 10.6 Å². The van der Waals surface area contributed by atoms with Crippen molar-refractivity contribution < 1.29 is 4.84 Å². The van der Waals surface area contributed by atoms with Crippen LogP contribution in [0.25, 0.3) is 5.95 Å². The van der Waals surface area contributed by atoms with Crippen LogP contribution in [0.3, 0.4) is 0 Å². The largest absolute Gasteiger partial charge is 0.322 e. The molecule has 0 radical (unpaired) electrons. The number of nitrogens with two attached hydrogens (primary N) is 1. The van der Waals surface area contributed by atoms with Gasteiger partial charge in [0.25, 0.3) is 11.9 Å². The van der Waals surface area contributed by atoms with Gasteiger partial charge >= 0.3 is 0 Å². The summed E-state index contributed by atoms with van der Waals surface area (Å²) in [7, 11) is 3.24. The fourth-order valence-corrected chi connectivity index (χ4v) is 1.37. The zero-order valence-corrected chi connectivity index (χ0v) is 11.7. The van der Waals surface area contributed by atoms with Gasteiger partial charge in [0.05, 0.1) is 13.2 Å². The zero-order chi connectivity index (χ0) is 13.1. The number of halogens is 1. The predicted molar refractivity (Wildman–Crippen MR) is 72.2 cm³/mol. The van der Waals surface area contributed by atoms with Crippen molar-refractivity contribution in [3.8, 4) is 5.95 Å². The smallest absolute Gasteiger partial charge is 0.269 e. The molecule has 0 aliphatic heterocycles. The third-order valence-electron chi connectivity index (χ3n) is 2.33. The molecule has 2 rings (SSSR count). The lowest BCUT2D eigenvalue weighted by Crippen LogP contribution is -2.16. The zero-order valence-electron chi connectivity index (χ0n) is 10.9. The first-order chi connectivity index (χ1) is 8.63. The van der Waals surface area contributed by atoms with E-state index >= 15 is 0 Å². The summed E-state index contributed by atoms with van der Waals surface area (Å²) in [5.41, 5.74) is 5.87. The minimum atomic E-state index is -0.291. The molecule has 0 spiro atoms. The highest BCUT2D eigenvalue weighted by Gasteiger charge is 2.18. The highest BCUT2D eigenvalue weighted by atomic mass is 35.5. The normalized spacial score (nSPS) is 11.8. The van der Waals surface area contributed by atoms with E-state index in [-0.39, 0.29) is 18.4 Å². The molecule has 2 heterocycles. The van der Waals surface area contributed by atoms with Crippen molar-refractivity contribution in [1.29, 1.82) is 0 Å². The van der Waals surface area contributed by atoms with E-state index in [1.54, 1.807) is 25.5 Å². The van der Waals surface area contributed by atoms with Crippen molar-refractivity contribution >= 4 is 18.4 Å². The Bertz CT molecular complexity index is 516. The van der Waals surface area contributed by atoms with E-state index < -0.39 is 0 Å². The van der Waals surface area contributed by atoms with Gasteiger partial charge in [0.2, 0.25) is 0 Å². The Morgan fingerprint density at radius 2 is 2.00 bits per heavy atom. The monoisotopic (exact) mass is 285 g/mol. The highest BCUT2D eigenvalue weighted by molar-refractivity contribution is 5.85. The molecule has 0 saturated carbocycles. The van der Waals surface area contributed by atoms with Crippen LogP contribution in [0.4, 0.5) is 5.95 Å². The Labute approximate surface area is 117 Å². The molecule has 1 atom stereocenters. The van der Waals surface area contributed by atoms with E-state index in [1.807, 2.05) is 6.92 Å². The maximum atomic E-state index is 5.87. The predicted octanol–water partition coefficient (Wildman–Crippen LogP) is 0.496. The fraction of sp³-hybridized carbons (Fsp3) is 0.400. The third kappa shape index (κ3) is 3.16. The topological polar surface area (TPSA) is 95.0 Å². The third-order valence-corrected chi connectivity index (χ3v) is 2.33. The Kier molecular flexibility index (Phi) is 5.16. The molecule has 0 saturated heterocycles. The van der Waals surface area contributed by atoms with Crippen LogP contribution in [-0.4, -0.2) is 38.9 Å². The summed E-state index contributed by atoms with van der Waals surface area (Å²) >= 11 is 0. The molecule has 0 amide bonds. The van der Waals surface area contributed by atoms with Crippen molar-refractivity contribution in [3.05, 3.63) is 24.3 Å². The lowest BCUT2D eigenvalue weighted by atomic mass is 10.3. The molecule has 8 nitrogen and oxygen atoms in total. The molecule has 0 unspecified atom stereocenters. The van der Waals surface area contributed by atoms with Crippen LogP contribution in [-0.2, 0) is 4.84 Å².